The van der Waals surface area contributed by atoms with Crippen LogP contribution < -0.4 is 19.7 Å². The predicted molar refractivity (Wildman–Crippen MR) is 103 cm³/mol. The summed E-state index contributed by atoms with van der Waals surface area (Å²) in [6, 6.07) is 5.77. The van der Waals surface area contributed by atoms with Gasteiger partial charge in [-0.3, -0.25) is 4.79 Å². The van der Waals surface area contributed by atoms with Gasteiger partial charge in [-0.1, -0.05) is 19.3 Å². The highest BCUT2D eigenvalue weighted by Crippen LogP contribution is 2.34. The van der Waals surface area contributed by atoms with Crippen molar-refractivity contribution in [2.45, 2.75) is 56.5 Å². The van der Waals surface area contributed by atoms with Crippen molar-refractivity contribution in [3.05, 3.63) is 23.8 Å². The second-order valence-corrected chi connectivity index (χ2v) is 8.18. The lowest BCUT2D eigenvalue weighted by molar-refractivity contribution is -0.925. The Labute approximate surface area is 166 Å². The Morgan fingerprint density at radius 2 is 1.93 bits per heavy atom. The van der Waals surface area contributed by atoms with Crippen LogP contribution in [0.1, 0.15) is 56.6 Å². The minimum Gasteiger partial charge on any atom is -0.497 e. The van der Waals surface area contributed by atoms with E-state index in [-0.39, 0.29) is 18.0 Å². The minimum absolute atomic E-state index is 0.0343. The van der Waals surface area contributed by atoms with Crippen molar-refractivity contribution in [1.82, 2.24) is 10.2 Å². The van der Waals surface area contributed by atoms with Crippen molar-refractivity contribution in [2.75, 3.05) is 27.4 Å². The number of hydrogen-bond acceptors (Lipinski definition) is 4. The number of methoxy groups -OCH3 is 2. The molecule has 4 rings (SSSR count). The number of hydrogen-bond donors (Lipinski definition) is 2. The summed E-state index contributed by atoms with van der Waals surface area (Å²) in [5, 5.41) is 3.02. The summed E-state index contributed by atoms with van der Waals surface area (Å²) in [7, 11) is 3.33. The van der Waals surface area contributed by atoms with Gasteiger partial charge in [0.1, 0.15) is 23.1 Å². The van der Waals surface area contributed by atoms with Crippen molar-refractivity contribution in [1.29, 1.82) is 0 Å². The van der Waals surface area contributed by atoms with E-state index in [0.29, 0.717) is 6.67 Å². The first kappa shape index (κ1) is 19.1. The average molecular weight is 388 g/mol. The van der Waals surface area contributed by atoms with Crippen LogP contribution in [0.25, 0.3) is 0 Å². The van der Waals surface area contributed by atoms with E-state index in [1.165, 1.54) is 9.80 Å². The molecule has 7 heteroatoms. The molecule has 3 aliphatic rings. The van der Waals surface area contributed by atoms with E-state index in [2.05, 4.69) is 5.32 Å². The number of likely N-dealkylation sites (tertiary alicyclic amines) is 1. The first-order valence-corrected chi connectivity index (χ1v) is 10.3. The molecule has 0 aromatic heterocycles. The summed E-state index contributed by atoms with van der Waals surface area (Å²) in [5.41, 5.74) is 0.422. The van der Waals surface area contributed by atoms with Gasteiger partial charge in [-0.2, -0.15) is 0 Å². The van der Waals surface area contributed by atoms with E-state index in [9.17, 15) is 9.59 Å². The number of benzene rings is 1. The highest BCUT2D eigenvalue weighted by Gasteiger charge is 2.53. The zero-order chi connectivity index (χ0) is 19.7. The Morgan fingerprint density at radius 1 is 1.14 bits per heavy atom. The second kappa shape index (κ2) is 7.62. The van der Waals surface area contributed by atoms with Crippen molar-refractivity contribution in [3.63, 3.8) is 0 Å². The maximum Gasteiger partial charge on any atom is 0.329 e. The lowest BCUT2D eigenvalue weighted by atomic mass is 9.82. The van der Waals surface area contributed by atoms with Gasteiger partial charge in [0.15, 0.2) is 6.67 Å². The summed E-state index contributed by atoms with van der Waals surface area (Å²) >= 11 is 0. The van der Waals surface area contributed by atoms with Gasteiger partial charge in [-0.05, 0) is 31.0 Å². The van der Waals surface area contributed by atoms with Crippen LogP contribution in [0.3, 0.4) is 0 Å². The molecule has 2 heterocycles. The molecule has 1 unspecified atom stereocenters. The van der Waals surface area contributed by atoms with Gasteiger partial charge in [0.05, 0.1) is 26.3 Å². The Balaban J connectivity index is 1.55. The van der Waals surface area contributed by atoms with Crippen LogP contribution >= 0.6 is 0 Å². The van der Waals surface area contributed by atoms with E-state index in [4.69, 9.17) is 9.47 Å². The molecule has 152 valence electrons. The van der Waals surface area contributed by atoms with E-state index in [0.717, 1.165) is 68.6 Å². The third kappa shape index (κ3) is 3.21. The molecule has 1 aromatic rings. The Morgan fingerprint density at radius 3 is 2.64 bits per heavy atom. The molecule has 0 radical (unpaired) electrons. The van der Waals surface area contributed by atoms with Crippen LogP contribution in [0, 0.1) is 0 Å². The fourth-order valence-electron chi connectivity index (χ4n) is 5.11. The number of urea groups is 1. The van der Waals surface area contributed by atoms with Crippen molar-refractivity contribution in [2.24, 2.45) is 0 Å². The Kier molecular flexibility index (Phi) is 5.19. The largest absolute Gasteiger partial charge is 0.497 e. The molecule has 3 fully saturated rings. The van der Waals surface area contributed by atoms with Gasteiger partial charge >= 0.3 is 6.03 Å². The molecule has 1 saturated carbocycles. The molecule has 7 nitrogen and oxygen atoms in total. The van der Waals surface area contributed by atoms with Gasteiger partial charge in [-0.15, -0.1) is 0 Å². The van der Waals surface area contributed by atoms with Crippen LogP contribution in [-0.2, 0) is 4.79 Å². The van der Waals surface area contributed by atoms with Crippen LogP contribution in [0.15, 0.2) is 18.2 Å². The maximum atomic E-state index is 13.1. The number of imide groups is 1. The normalized spacial score (nSPS) is 26.6. The van der Waals surface area contributed by atoms with Crippen LogP contribution in [-0.4, -0.2) is 49.8 Å². The molecule has 2 saturated heterocycles. The molecule has 2 N–H and O–H groups in total. The Hall–Kier alpha value is -2.28. The number of nitrogens with one attached hydrogen (secondary N) is 2. The molecule has 0 bridgehead atoms. The molecule has 1 aromatic carbocycles. The molecular weight excluding hydrogens is 358 g/mol. The fraction of sp³-hybridized carbons (Fsp3) is 0.619. The van der Waals surface area contributed by atoms with Gasteiger partial charge in [-0.25, -0.2) is 9.69 Å². The van der Waals surface area contributed by atoms with Gasteiger partial charge < -0.3 is 19.7 Å². The molecule has 1 aliphatic carbocycles. The number of amides is 3. The second-order valence-electron chi connectivity index (χ2n) is 8.18. The molecule has 28 heavy (non-hydrogen) atoms. The predicted octanol–water partition coefficient (Wildman–Crippen LogP) is 1.64. The average Bonchev–Trinajstić information content (AvgIpc) is 3.27. The summed E-state index contributed by atoms with van der Waals surface area (Å²) < 4.78 is 11.0. The zero-order valence-electron chi connectivity index (χ0n) is 16.8. The third-order valence-corrected chi connectivity index (χ3v) is 6.61. The van der Waals surface area contributed by atoms with E-state index in [1.807, 2.05) is 18.2 Å². The number of carbonyl (C=O) groups excluding carboxylic acids is 2. The summed E-state index contributed by atoms with van der Waals surface area (Å²) in [4.78, 5) is 28.5. The molecular formula is C21H30N3O4+. The fourth-order valence-corrected chi connectivity index (χ4v) is 5.11. The lowest BCUT2D eigenvalue weighted by Crippen LogP contribution is -3.12. The molecule has 3 amide bonds. The zero-order valence-corrected chi connectivity index (χ0v) is 16.8. The van der Waals surface area contributed by atoms with Gasteiger partial charge in [0, 0.05) is 12.8 Å². The van der Waals surface area contributed by atoms with Crippen molar-refractivity contribution in [3.8, 4) is 11.5 Å². The van der Waals surface area contributed by atoms with E-state index < -0.39 is 5.54 Å². The smallest absolute Gasteiger partial charge is 0.329 e. The number of carbonyl (C=O) groups is 2. The third-order valence-electron chi connectivity index (χ3n) is 6.61. The number of quaternary nitrogens is 1. The number of nitrogens with zero attached hydrogens (tertiary/aromatic N) is 1. The summed E-state index contributed by atoms with van der Waals surface area (Å²) in [5.74, 6) is 1.58. The number of ether oxygens (including phenoxy) is 2. The van der Waals surface area contributed by atoms with E-state index >= 15 is 0 Å². The first-order chi connectivity index (χ1) is 13.6. The minimum atomic E-state index is -0.655. The SMILES string of the molecule is COc1ccc(OC)c([C@H]2CCC[NH+]2CN2C(=O)NC3(CCCCC3)C2=O)c1. The van der Waals surface area contributed by atoms with Gasteiger partial charge in [0.25, 0.3) is 5.91 Å². The van der Waals surface area contributed by atoms with Crippen LogP contribution in [0.2, 0.25) is 0 Å². The standard InChI is InChI=1S/C21H29N3O4/c1-27-15-8-9-18(28-2)16(13-15)17-7-6-12-23(17)14-24-19(25)21(22-20(24)26)10-4-3-5-11-21/h8-9,13,17H,3-7,10-12,14H2,1-2H3,(H,22,26)/p+1/t17-/m1/s1. The van der Waals surface area contributed by atoms with Gasteiger partial charge in [0.2, 0.25) is 0 Å². The number of rotatable bonds is 5. The molecule has 2 atom stereocenters. The van der Waals surface area contributed by atoms with Crippen molar-refractivity contribution < 1.29 is 24.0 Å². The monoisotopic (exact) mass is 388 g/mol. The molecule has 1 spiro atoms. The molecule has 2 aliphatic heterocycles. The Bertz CT molecular complexity index is 760. The summed E-state index contributed by atoms with van der Waals surface area (Å²) in [6.07, 6.45) is 6.70. The van der Waals surface area contributed by atoms with Crippen molar-refractivity contribution >= 4 is 11.9 Å². The summed E-state index contributed by atoms with van der Waals surface area (Å²) in [6.45, 7) is 1.33. The van der Waals surface area contributed by atoms with Crippen LogP contribution in [0.5, 0.6) is 11.5 Å². The quantitative estimate of drug-likeness (QED) is 0.752. The van der Waals surface area contributed by atoms with E-state index in [1.54, 1.807) is 14.2 Å². The lowest BCUT2D eigenvalue weighted by Gasteiger charge is -2.31. The highest BCUT2D eigenvalue weighted by atomic mass is 16.5. The maximum absolute atomic E-state index is 13.1. The first-order valence-electron chi connectivity index (χ1n) is 10.3. The topological polar surface area (TPSA) is 72.3 Å². The van der Waals surface area contributed by atoms with Crippen LogP contribution in [0.4, 0.5) is 4.79 Å². The highest BCUT2D eigenvalue weighted by molar-refractivity contribution is 6.06.